The minimum absolute atomic E-state index is 0.111. The van der Waals surface area contributed by atoms with E-state index in [1.54, 1.807) is 27.7 Å². The molecule has 0 aliphatic carbocycles. The van der Waals surface area contributed by atoms with E-state index in [0.29, 0.717) is 11.1 Å². The maximum absolute atomic E-state index is 11.9. The van der Waals surface area contributed by atoms with Crippen molar-refractivity contribution in [2.45, 2.75) is 45.5 Å². The maximum Gasteiger partial charge on any atom is 0.338 e. The van der Waals surface area contributed by atoms with Gasteiger partial charge in [0.1, 0.15) is 11.7 Å². The summed E-state index contributed by atoms with van der Waals surface area (Å²) in [5.41, 5.74) is 0.0133. The zero-order chi connectivity index (χ0) is 16.9. The fourth-order valence-electron chi connectivity index (χ4n) is 1.69. The molecule has 22 heavy (non-hydrogen) atoms. The number of rotatable bonds is 5. The molecular formula is C16H22O6. The summed E-state index contributed by atoms with van der Waals surface area (Å²) in [6.07, 6.45) is -3.10. The number of aliphatic hydroxyl groups is 2. The Balaban J connectivity index is 2.80. The van der Waals surface area contributed by atoms with Crippen LogP contribution in [0.15, 0.2) is 24.3 Å². The molecule has 122 valence electrons. The van der Waals surface area contributed by atoms with Crippen molar-refractivity contribution in [2.75, 3.05) is 6.61 Å². The highest BCUT2D eigenvalue weighted by Crippen LogP contribution is 2.20. The summed E-state index contributed by atoms with van der Waals surface area (Å²) < 4.78 is 9.86. The summed E-state index contributed by atoms with van der Waals surface area (Å²) >= 11 is 0. The Morgan fingerprint density at radius 2 is 1.68 bits per heavy atom. The molecule has 0 radical (unpaired) electrons. The lowest BCUT2D eigenvalue weighted by molar-refractivity contribution is -0.159. The average molecular weight is 310 g/mol. The summed E-state index contributed by atoms with van der Waals surface area (Å²) in [5, 5.41) is 19.6. The molecule has 2 atom stereocenters. The minimum atomic E-state index is -1.67. The fourth-order valence-corrected chi connectivity index (χ4v) is 1.69. The molecule has 0 saturated carbocycles. The van der Waals surface area contributed by atoms with E-state index >= 15 is 0 Å². The van der Waals surface area contributed by atoms with Gasteiger partial charge in [0.2, 0.25) is 0 Å². The minimum Gasteiger partial charge on any atom is -0.464 e. The molecule has 1 aromatic carbocycles. The first kappa shape index (κ1) is 18.1. The zero-order valence-corrected chi connectivity index (χ0v) is 13.2. The third-order valence-corrected chi connectivity index (χ3v) is 2.71. The number of carbonyl (C=O) groups excluding carboxylic acids is 2. The van der Waals surface area contributed by atoms with Gasteiger partial charge >= 0.3 is 11.9 Å². The molecular weight excluding hydrogens is 288 g/mol. The SMILES string of the molecule is CCOC(=O)C(O)C(O)c1ccc(C(=O)OC(C)(C)C)cc1. The van der Waals surface area contributed by atoms with Crippen molar-refractivity contribution in [3.8, 4) is 0 Å². The second-order valence-electron chi connectivity index (χ2n) is 5.77. The maximum atomic E-state index is 11.9. The molecule has 0 amide bonds. The summed E-state index contributed by atoms with van der Waals surface area (Å²) in [7, 11) is 0. The van der Waals surface area contributed by atoms with Crippen molar-refractivity contribution in [1.82, 2.24) is 0 Å². The molecule has 0 aliphatic rings. The first-order valence-electron chi connectivity index (χ1n) is 7.01. The largest absolute Gasteiger partial charge is 0.464 e. The summed E-state index contributed by atoms with van der Waals surface area (Å²) in [4.78, 5) is 23.2. The van der Waals surface area contributed by atoms with Crippen LogP contribution in [0.5, 0.6) is 0 Å². The molecule has 0 fully saturated rings. The molecule has 0 aliphatic heterocycles. The molecule has 2 unspecified atom stereocenters. The van der Waals surface area contributed by atoms with Gasteiger partial charge in [-0.1, -0.05) is 12.1 Å². The van der Waals surface area contributed by atoms with E-state index < -0.39 is 29.7 Å². The highest BCUT2D eigenvalue weighted by molar-refractivity contribution is 5.89. The number of hydrogen-bond acceptors (Lipinski definition) is 6. The van der Waals surface area contributed by atoms with E-state index in [1.165, 1.54) is 24.3 Å². The number of hydrogen-bond donors (Lipinski definition) is 2. The molecule has 0 spiro atoms. The van der Waals surface area contributed by atoms with E-state index in [9.17, 15) is 19.8 Å². The van der Waals surface area contributed by atoms with Crippen molar-refractivity contribution in [2.24, 2.45) is 0 Å². The van der Waals surface area contributed by atoms with E-state index in [-0.39, 0.29) is 6.61 Å². The normalized spacial score (nSPS) is 14.1. The van der Waals surface area contributed by atoms with Crippen LogP contribution in [0.25, 0.3) is 0 Å². The number of ether oxygens (including phenoxy) is 2. The highest BCUT2D eigenvalue weighted by Gasteiger charge is 2.27. The molecule has 1 aromatic rings. The molecule has 6 nitrogen and oxygen atoms in total. The van der Waals surface area contributed by atoms with Crippen LogP contribution < -0.4 is 0 Å². The topological polar surface area (TPSA) is 93.1 Å². The smallest absolute Gasteiger partial charge is 0.338 e. The third-order valence-electron chi connectivity index (χ3n) is 2.71. The van der Waals surface area contributed by atoms with Crippen LogP contribution in [0.2, 0.25) is 0 Å². The van der Waals surface area contributed by atoms with Gasteiger partial charge in [0.25, 0.3) is 0 Å². The lowest BCUT2D eigenvalue weighted by Gasteiger charge is -2.20. The standard InChI is InChI=1S/C16H22O6/c1-5-21-15(20)13(18)12(17)10-6-8-11(9-7-10)14(19)22-16(2,3)4/h6-9,12-13,17-18H,5H2,1-4H3. The second kappa shape index (κ2) is 7.38. The number of esters is 2. The predicted octanol–water partition coefficient (Wildman–Crippen LogP) is 1.60. The Kier molecular flexibility index (Phi) is 6.08. The average Bonchev–Trinajstić information content (AvgIpc) is 2.44. The van der Waals surface area contributed by atoms with Gasteiger partial charge < -0.3 is 19.7 Å². The van der Waals surface area contributed by atoms with Crippen LogP contribution in [0.4, 0.5) is 0 Å². The van der Waals surface area contributed by atoms with Crippen molar-refractivity contribution in [1.29, 1.82) is 0 Å². The highest BCUT2D eigenvalue weighted by atomic mass is 16.6. The third kappa shape index (κ3) is 5.13. The second-order valence-corrected chi connectivity index (χ2v) is 5.77. The van der Waals surface area contributed by atoms with Crippen molar-refractivity contribution in [3.05, 3.63) is 35.4 Å². The Morgan fingerprint density at radius 3 is 2.14 bits per heavy atom. The van der Waals surface area contributed by atoms with Gasteiger partial charge in [-0.05, 0) is 45.4 Å². The zero-order valence-electron chi connectivity index (χ0n) is 13.2. The van der Waals surface area contributed by atoms with E-state index in [2.05, 4.69) is 4.74 Å². The molecule has 6 heteroatoms. The van der Waals surface area contributed by atoms with Crippen molar-refractivity contribution in [3.63, 3.8) is 0 Å². The van der Waals surface area contributed by atoms with Gasteiger partial charge in [0.05, 0.1) is 12.2 Å². The Morgan fingerprint density at radius 1 is 1.14 bits per heavy atom. The predicted molar refractivity (Wildman–Crippen MR) is 79.2 cm³/mol. The van der Waals surface area contributed by atoms with Gasteiger partial charge in [-0.15, -0.1) is 0 Å². The number of benzene rings is 1. The van der Waals surface area contributed by atoms with Crippen LogP contribution in [0.1, 0.15) is 49.7 Å². The van der Waals surface area contributed by atoms with E-state index in [1.807, 2.05) is 0 Å². The monoisotopic (exact) mass is 310 g/mol. The van der Waals surface area contributed by atoms with Crippen LogP contribution in [-0.4, -0.2) is 40.5 Å². The number of aliphatic hydroxyl groups excluding tert-OH is 2. The van der Waals surface area contributed by atoms with Gasteiger partial charge in [-0.3, -0.25) is 0 Å². The molecule has 2 N–H and O–H groups in total. The van der Waals surface area contributed by atoms with Crippen LogP contribution in [0, 0.1) is 0 Å². The molecule has 1 rings (SSSR count). The fraction of sp³-hybridized carbons (Fsp3) is 0.500. The summed E-state index contributed by atoms with van der Waals surface area (Å²) in [5.74, 6) is -1.38. The Bertz CT molecular complexity index is 514. The summed E-state index contributed by atoms with van der Waals surface area (Å²) in [6.45, 7) is 7.00. The molecule has 0 saturated heterocycles. The molecule has 0 heterocycles. The molecule has 0 aromatic heterocycles. The lowest BCUT2D eigenvalue weighted by atomic mass is 10.0. The van der Waals surface area contributed by atoms with Gasteiger partial charge in [-0.2, -0.15) is 0 Å². The van der Waals surface area contributed by atoms with Gasteiger partial charge in [-0.25, -0.2) is 9.59 Å². The van der Waals surface area contributed by atoms with Crippen LogP contribution >= 0.6 is 0 Å². The lowest BCUT2D eigenvalue weighted by Crippen LogP contribution is -2.30. The van der Waals surface area contributed by atoms with Crippen molar-refractivity contribution >= 4 is 11.9 Å². The summed E-state index contributed by atoms with van der Waals surface area (Å²) in [6, 6.07) is 5.83. The first-order chi connectivity index (χ1) is 10.2. The van der Waals surface area contributed by atoms with E-state index in [4.69, 9.17) is 4.74 Å². The quantitative estimate of drug-likeness (QED) is 0.802. The van der Waals surface area contributed by atoms with Crippen LogP contribution in [0.3, 0.4) is 0 Å². The van der Waals surface area contributed by atoms with Gasteiger partial charge in [0, 0.05) is 0 Å². The van der Waals surface area contributed by atoms with Gasteiger partial charge in [0.15, 0.2) is 6.10 Å². The first-order valence-corrected chi connectivity index (χ1v) is 7.01. The Labute approximate surface area is 129 Å². The molecule has 0 bridgehead atoms. The Hall–Kier alpha value is -1.92. The van der Waals surface area contributed by atoms with Crippen molar-refractivity contribution < 1.29 is 29.3 Å². The van der Waals surface area contributed by atoms with Crippen LogP contribution in [-0.2, 0) is 14.3 Å². The van der Waals surface area contributed by atoms with E-state index in [0.717, 1.165) is 0 Å². The number of carbonyl (C=O) groups is 2.